The highest BCUT2D eigenvalue weighted by Crippen LogP contribution is 2.38. The Morgan fingerprint density at radius 2 is 2.18 bits per heavy atom. The van der Waals surface area contributed by atoms with Gasteiger partial charge in [-0.25, -0.2) is 0 Å². The van der Waals surface area contributed by atoms with Crippen LogP contribution in [0.25, 0.3) is 0 Å². The van der Waals surface area contributed by atoms with E-state index in [1.54, 1.807) is 4.68 Å². The van der Waals surface area contributed by atoms with Crippen LogP contribution in [-0.2, 0) is 7.05 Å². The zero-order chi connectivity index (χ0) is 12.3. The molecule has 1 heterocycles. The molecule has 17 heavy (non-hydrogen) atoms. The molecule has 1 aromatic heterocycles. The van der Waals surface area contributed by atoms with Crippen molar-refractivity contribution in [3.05, 3.63) is 6.20 Å². The number of rotatable bonds is 4. The second kappa shape index (κ2) is 5.21. The zero-order valence-corrected chi connectivity index (χ0v) is 11.5. The Balaban J connectivity index is 1.98. The number of anilines is 2. The van der Waals surface area contributed by atoms with E-state index in [-0.39, 0.29) is 0 Å². The van der Waals surface area contributed by atoms with Crippen LogP contribution in [0.2, 0.25) is 0 Å². The van der Waals surface area contributed by atoms with E-state index in [9.17, 15) is 0 Å². The molecule has 0 aliphatic heterocycles. The molecule has 1 aliphatic rings. The number of nitrogens with one attached hydrogen (secondary N) is 1. The minimum absolute atomic E-state index is 0.377. The van der Waals surface area contributed by atoms with Crippen LogP contribution in [0.3, 0.4) is 0 Å². The van der Waals surface area contributed by atoms with Crippen LogP contribution in [-0.4, -0.2) is 27.3 Å². The Hall–Kier alpha value is -0.840. The highest BCUT2D eigenvalue weighted by molar-refractivity contribution is 8.00. The molecule has 1 saturated carbocycles. The summed E-state index contributed by atoms with van der Waals surface area (Å²) in [5.41, 5.74) is 6.62. The average molecular weight is 254 g/mol. The van der Waals surface area contributed by atoms with E-state index in [4.69, 9.17) is 5.73 Å². The largest absolute Gasteiger partial charge is 0.394 e. The third-order valence-corrected chi connectivity index (χ3v) is 5.05. The van der Waals surface area contributed by atoms with E-state index >= 15 is 0 Å². The van der Waals surface area contributed by atoms with Crippen molar-refractivity contribution in [2.24, 2.45) is 7.05 Å². The van der Waals surface area contributed by atoms with E-state index in [1.807, 2.05) is 25.0 Å². The van der Waals surface area contributed by atoms with Crippen LogP contribution in [0.5, 0.6) is 0 Å². The molecule has 1 fully saturated rings. The number of nitrogen functional groups attached to an aromatic ring is 1. The summed E-state index contributed by atoms with van der Waals surface area (Å²) < 4.78 is 2.13. The SMILES string of the molecule is CSC1(CNc2nn(C)cc2N)CCCCC1. The number of thioether (sulfide) groups is 1. The Kier molecular flexibility index (Phi) is 3.86. The van der Waals surface area contributed by atoms with E-state index in [0.717, 1.165) is 18.1 Å². The van der Waals surface area contributed by atoms with Crippen LogP contribution in [0.15, 0.2) is 6.20 Å². The predicted octanol–water partition coefficient (Wildman–Crippen LogP) is 2.48. The van der Waals surface area contributed by atoms with Gasteiger partial charge in [0, 0.05) is 24.5 Å². The summed E-state index contributed by atoms with van der Waals surface area (Å²) in [5, 5.41) is 7.75. The average Bonchev–Trinajstić information content (AvgIpc) is 2.67. The lowest BCUT2D eigenvalue weighted by Crippen LogP contribution is -2.35. The minimum Gasteiger partial charge on any atom is -0.394 e. The van der Waals surface area contributed by atoms with Crippen LogP contribution in [0, 0.1) is 0 Å². The van der Waals surface area contributed by atoms with E-state index in [0.29, 0.717) is 4.75 Å². The van der Waals surface area contributed by atoms with Gasteiger partial charge in [-0.2, -0.15) is 16.9 Å². The van der Waals surface area contributed by atoms with Crippen molar-refractivity contribution in [2.45, 2.75) is 36.9 Å². The second-order valence-corrected chi connectivity index (χ2v) is 6.18. The molecule has 0 atom stereocenters. The number of aryl methyl sites for hydroxylation is 1. The number of nitrogens with two attached hydrogens (primary N) is 1. The van der Waals surface area contributed by atoms with Crippen molar-refractivity contribution in [2.75, 3.05) is 23.9 Å². The maximum Gasteiger partial charge on any atom is 0.171 e. The fraction of sp³-hybridized carbons (Fsp3) is 0.750. The fourth-order valence-corrected chi connectivity index (χ4v) is 3.45. The van der Waals surface area contributed by atoms with Gasteiger partial charge in [0.2, 0.25) is 0 Å². The van der Waals surface area contributed by atoms with Crippen LogP contribution >= 0.6 is 11.8 Å². The molecule has 3 N–H and O–H groups in total. The number of hydrogen-bond acceptors (Lipinski definition) is 4. The van der Waals surface area contributed by atoms with Gasteiger partial charge in [0.25, 0.3) is 0 Å². The second-order valence-electron chi connectivity index (χ2n) is 4.91. The zero-order valence-electron chi connectivity index (χ0n) is 10.7. The quantitative estimate of drug-likeness (QED) is 0.866. The van der Waals surface area contributed by atoms with Crippen molar-refractivity contribution < 1.29 is 0 Å². The summed E-state index contributed by atoms with van der Waals surface area (Å²) >= 11 is 1.99. The van der Waals surface area contributed by atoms with Gasteiger partial charge in [-0.1, -0.05) is 19.3 Å². The first-order valence-corrected chi connectivity index (χ1v) is 7.46. The molecule has 0 bridgehead atoms. The summed E-state index contributed by atoms with van der Waals surface area (Å²) in [7, 11) is 1.90. The highest BCUT2D eigenvalue weighted by atomic mass is 32.2. The molecule has 5 heteroatoms. The molecule has 4 nitrogen and oxygen atoms in total. The maximum atomic E-state index is 5.89. The van der Waals surface area contributed by atoms with Gasteiger partial charge in [-0.15, -0.1) is 0 Å². The Morgan fingerprint density at radius 1 is 1.47 bits per heavy atom. The molecule has 0 unspecified atom stereocenters. The van der Waals surface area contributed by atoms with Gasteiger partial charge in [0.05, 0.1) is 5.69 Å². The molecule has 0 spiro atoms. The third-order valence-electron chi connectivity index (χ3n) is 3.63. The standard InChI is InChI=1S/C12H22N4S/c1-16-8-10(13)11(15-16)14-9-12(17-2)6-4-3-5-7-12/h8H,3-7,9,13H2,1-2H3,(H,14,15). The summed E-state index contributed by atoms with van der Waals surface area (Å²) in [6.45, 7) is 0.968. The minimum atomic E-state index is 0.377. The normalized spacial score (nSPS) is 19.2. The molecule has 0 radical (unpaired) electrons. The number of nitrogens with zero attached hydrogens (tertiary/aromatic N) is 2. The maximum absolute atomic E-state index is 5.89. The van der Waals surface area contributed by atoms with Crippen LogP contribution in [0.1, 0.15) is 32.1 Å². The van der Waals surface area contributed by atoms with Crippen molar-refractivity contribution >= 4 is 23.3 Å². The van der Waals surface area contributed by atoms with Gasteiger partial charge in [0.1, 0.15) is 0 Å². The summed E-state index contributed by atoms with van der Waals surface area (Å²) in [6.07, 6.45) is 10.7. The monoisotopic (exact) mass is 254 g/mol. The summed E-state index contributed by atoms with van der Waals surface area (Å²) in [5.74, 6) is 0.825. The van der Waals surface area contributed by atoms with Gasteiger partial charge in [-0.3, -0.25) is 4.68 Å². The van der Waals surface area contributed by atoms with Crippen molar-refractivity contribution in [3.8, 4) is 0 Å². The number of hydrogen-bond donors (Lipinski definition) is 2. The topological polar surface area (TPSA) is 55.9 Å². The molecule has 0 aromatic carbocycles. The lowest BCUT2D eigenvalue weighted by molar-refractivity contribution is 0.411. The van der Waals surface area contributed by atoms with Gasteiger partial charge >= 0.3 is 0 Å². The fourth-order valence-electron chi connectivity index (χ4n) is 2.54. The van der Waals surface area contributed by atoms with E-state index < -0.39 is 0 Å². The Bertz CT molecular complexity index is 369. The van der Waals surface area contributed by atoms with Crippen molar-refractivity contribution in [1.29, 1.82) is 0 Å². The first-order chi connectivity index (χ1) is 8.15. The smallest absolute Gasteiger partial charge is 0.171 e. The van der Waals surface area contributed by atoms with Gasteiger partial charge in [0.15, 0.2) is 5.82 Å². The molecular formula is C12H22N4S. The molecule has 0 saturated heterocycles. The first kappa shape index (κ1) is 12.6. The molecule has 1 aliphatic carbocycles. The molecule has 2 rings (SSSR count). The Labute approximate surface area is 107 Å². The summed E-state index contributed by atoms with van der Waals surface area (Å²) in [6, 6.07) is 0. The highest BCUT2D eigenvalue weighted by Gasteiger charge is 2.31. The van der Waals surface area contributed by atoms with E-state index in [2.05, 4.69) is 16.7 Å². The molecular weight excluding hydrogens is 232 g/mol. The Morgan fingerprint density at radius 3 is 2.71 bits per heavy atom. The lowest BCUT2D eigenvalue weighted by atomic mass is 9.88. The van der Waals surface area contributed by atoms with Gasteiger partial charge < -0.3 is 11.1 Å². The molecule has 96 valence electrons. The van der Waals surface area contributed by atoms with Crippen LogP contribution in [0.4, 0.5) is 11.5 Å². The van der Waals surface area contributed by atoms with Crippen LogP contribution < -0.4 is 11.1 Å². The predicted molar refractivity (Wildman–Crippen MR) is 75.4 cm³/mol. The number of aromatic nitrogens is 2. The first-order valence-electron chi connectivity index (χ1n) is 6.23. The van der Waals surface area contributed by atoms with Crippen molar-refractivity contribution in [3.63, 3.8) is 0 Å². The summed E-state index contributed by atoms with van der Waals surface area (Å²) in [4.78, 5) is 0. The van der Waals surface area contributed by atoms with Crippen molar-refractivity contribution in [1.82, 2.24) is 9.78 Å². The lowest BCUT2D eigenvalue weighted by Gasteiger charge is -2.35. The van der Waals surface area contributed by atoms with Gasteiger partial charge in [-0.05, 0) is 19.1 Å². The molecule has 1 aromatic rings. The third kappa shape index (κ3) is 2.89. The molecule has 0 amide bonds. The van der Waals surface area contributed by atoms with E-state index in [1.165, 1.54) is 32.1 Å².